The normalized spacial score (nSPS) is 15.1. The van der Waals surface area contributed by atoms with Gasteiger partial charge in [0.05, 0.1) is 5.69 Å². The van der Waals surface area contributed by atoms with Gasteiger partial charge >= 0.3 is 0 Å². The van der Waals surface area contributed by atoms with Crippen LogP contribution >= 0.6 is 11.6 Å². The van der Waals surface area contributed by atoms with Crippen LogP contribution in [-0.4, -0.2) is 53.4 Å². The Bertz CT molecular complexity index is 1370. The molecule has 0 saturated heterocycles. The van der Waals surface area contributed by atoms with Gasteiger partial charge in [-0.25, -0.2) is 4.98 Å². The molecule has 5 rings (SSSR count). The lowest BCUT2D eigenvalue weighted by Crippen LogP contribution is -2.36. The van der Waals surface area contributed by atoms with E-state index in [1.807, 2.05) is 42.3 Å². The molecule has 2 heterocycles. The molecule has 0 saturated carbocycles. The van der Waals surface area contributed by atoms with Crippen LogP contribution in [0.3, 0.4) is 0 Å². The summed E-state index contributed by atoms with van der Waals surface area (Å²) in [6.45, 7) is 1.35. The Morgan fingerprint density at radius 1 is 1.20 bits per heavy atom. The molecular formula is C27H27BClN5O. The number of aromatic nitrogens is 3. The van der Waals surface area contributed by atoms with E-state index in [-0.39, 0.29) is 11.8 Å². The molecule has 0 aliphatic heterocycles. The first-order valence-electron chi connectivity index (χ1n) is 12.0. The molecule has 1 amide bonds. The molecule has 1 atom stereocenters. The fraction of sp³-hybridized carbons (Fsp3) is 0.296. The second-order valence-corrected chi connectivity index (χ2v) is 9.50. The summed E-state index contributed by atoms with van der Waals surface area (Å²) in [5.74, 6) is 1.07. The van der Waals surface area contributed by atoms with Crippen LogP contribution in [0.1, 0.15) is 24.0 Å². The van der Waals surface area contributed by atoms with Gasteiger partial charge in [-0.2, -0.15) is 9.61 Å². The van der Waals surface area contributed by atoms with E-state index in [1.54, 1.807) is 10.7 Å². The molecule has 4 aromatic rings. The number of carbonyl (C=O) groups is 1. The second-order valence-electron chi connectivity index (χ2n) is 9.09. The lowest BCUT2D eigenvalue weighted by molar-refractivity contribution is -0.134. The molecule has 2 radical (unpaired) electrons. The van der Waals surface area contributed by atoms with Crippen molar-refractivity contribution < 1.29 is 4.79 Å². The third-order valence-corrected chi connectivity index (χ3v) is 7.03. The van der Waals surface area contributed by atoms with Gasteiger partial charge in [-0.3, -0.25) is 4.79 Å². The Kier molecular flexibility index (Phi) is 6.78. The van der Waals surface area contributed by atoms with Gasteiger partial charge in [0.15, 0.2) is 5.65 Å². The number of aryl methyl sites for hydroxylation is 1. The van der Waals surface area contributed by atoms with Gasteiger partial charge in [0, 0.05) is 48.9 Å². The number of fused-ring (bicyclic) bond motifs is 2. The zero-order valence-electron chi connectivity index (χ0n) is 19.7. The molecule has 0 spiro atoms. The van der Waals surface area contributed by atoms with E-state index < -0.39 is 0 Å². The molecule has 1 N–H and O–H groups in total. The van der Waals surface area contributed by atoms with Crippen LogP contribution in [0.15, 0.2) is 60.8 Å². The van der Waals surface area contributed by atoms with Crippen molar-refractivity contribution in [3.8, 4) is 11.3 Å². The number of nitrogens with zero attached hydrogens (tertiary/aromatic N) is 4. The molecule has 0 fully saturated rings. The van der Waals surface area contributed by atoms with Gasteiger partial charge in [0.25, 0.3) is 0 Å². The number of rotatable bonds is 7. The van der Waals surface area contributed by atoms with Gasteiger partial charge in [-0.1, -0.05) is 54.1 Å². The van der Waals surface area contributed by atoms with Crippen molar-refractivity contribution in [2.45, 2.75) is 25.7 Å². The van der Waals surface area contributed by atoms with Gasteiger partial charge in [0.1, 0.15) is 13.7 Å². The molecule has 6 nitrogen and oxygen atoms in total. The van der Waals surface area contributed by atoms with Gasteiger partial charge in [-0.05, 0) is 48.3 Å². The summed E-state index contributed by atoms with van der Waals surface area (Å²) in [6.07, 6.45) is 5.12. The van der Waals surface area contributed by atoms with E-state index in [9.17, 15) is 4.79 Å². The number of carbonyl (C=O) groups excluding carboxylic acids is 1. The topological polar surface area (TPSA) is 62.5 Å². The van der Waals surface area contributed by atoms with E-state index in [4.69, 9.17) is 19.4 Å². The highest BCUT2D eigenvalue weighted by molar-refractivity contribution is 6.36. The molecule has 1 unspecified atom stereocenters. The summed E-state index contributed by atoms with van der Waals surface area (Å²) in [6, 6.07) is 18.0. The predicted octanol–water partition coefficient (Wildman–Crippen LogP) is 3.91. The molecule has 1 aliphatic rings. The van der Waals surface area contributed by atoms with Crippen LogP contribution in [0, 0.1) is 5.92 Å². The van der Waals surface area contributed by atoms with Crippen molar-refractivity contribution in [3.63, 3.8) is 0 Å². The molecule has 1 aliphatic carbocycles. The Labute approximate surface area is 211 Å². The summed E-state index contributed by atoms with van der Waals surface area (Å²) in [5, 5.41) is 8.43. The number of hydrogen-bond donors (Lipinski definition) is 1. The minimum Gasteiger partial charge on any atom is -0.370 e. The molecule has 2 aromatic heterocycles. The molecule has 176 valence electrons. The van der Waals surface area contributed by atoms with Crippen molar-refractivity contribution in [3.05, 3.63) is 76.9 Å². The summed E-state index contributed by atoms with van der Waals surface area (Å²) in [7, 11) is 8.01. The fourth-order valence-electron chi connectivity index (χ4n) is 4.78. The van der Waals surface area contributed by atoms with E-state index in [1.165, 1.54) is 11.1 Å². The Morgan fingerprint density at radius 2 is 1.97 bits per heavy atom. The van der Waals surface area contributed by atoms with Crippen LogP contribution in [0.4, 0.5) is 5.82 Å². The fourth-order valence-corrected chi connectivity index (χ4v) is 5.01. The maximum Gasteiger partial charge on any atom is 0.225 e. The van der Waals surface area contributed by atoms with Crippen LogP contribution in [0.2, 0.25) is 5.02 Å². The number of nitrogens with one attached hydrogen (secondary N) is 1. The third-order valence-electron chi connectivity index (χ3n) is 6.70. The highest BCUT2D eigenvalue weighted by Gasteiger charge is 2.26. The van der Waals surface area contributed by atoms with Crippen molar-refractivity contribution in [2.24, 2.45) is 5.92 Å². The number of hydrogen-bond acceptors (Lipinski definition) is 4. The second kappa shape index (κ2) is 10.1. The summed E-state index contributed by atoms with van der Waals surface area (Å²) in [4.78, 5) is 19.6. The minimum absolute atomic E-state index is 0.0629. The first-order chi connectivity index (χ1) is 17.0. The molecule has 8 heteroatoms. The molecule has 2 aromatic carbocycles. The smallest absolute Gasteiger partial charge is 0.225 e. The van der Waals surface area contributed by atoms with Crippen LogP contribution < -0.4 is 10.8 Å². The Balaban J connectivity index is 1.22. The maximum atomic E-state index is 13.0. The van der Waals surface area contributed by atoms with E-state index >= 15 is 0 Å². The van der Waals surface area contributed by atoms with Gasteiger partial charge in [-0.15, -0.1) is 0 Å². The van der Waals surface area contributed by atoms with Crippen molar-refractivity contribution in [2.75, 3.05) is 25.5 Å². The largest absolute Gasteiger partial charge is 0.370 e. The van der Waals surface area contributed by atoms with Crippen LogP contribution in [0.25, 0.3) is 16.9 Å². The summed E-state index contributed by atoms with van der Waals surface area (Å²) in [5.41, 5.74) is 5.32. The average Bonchev–Trinajstić information content (AvgIpc) is 3.26. The third kappa shape index (κ3) is 4.91. The van der Waals surface area contributed by atoms with Crippen LogP contribution in [0.5, 0.6) is 0 Å². The molecule has 0 bridgehead atoms. The highest BCUT2D eigenvalue weighted by Crippen LogP contribution is 2.29. The summed E-state index contributed by atoms with van der Waals surface area (Å²) >= 11 is 6.41. The van der Waals surface area contributed by atoms with Crippen molar-refractivity contribution in [1.29, 1.82) is 0 Å². The minimum atomic E-state index is 0.0629. The SMILES string of the molecule is [B]c1cnn2c(NCCCN(C)C(=O)C3CCc4ccccc4C3)cc(-c3ccccc3Cl)nc12. The van der Waals surface area contributed by atoms with E-state index in [0.29, 0.717) is 29.2 Å². The average molecular weight is 484 g/mol. The van der Waals surface area contributed by atoms with E-state index in [2.05, 4.69) is 39.7 Å². The number of benzene rings is 2. The Morgan fingerprint density at radius 3 is 2.80 bits per heavy atom. The predicted molar refractivity (Wildman–Crippen MR) is 142 cm³/mol. The molecular weight excluding hydrogens is 457 g/mol. The highest BCUT2D eigenvalue weighted by atomic mass is 35.5. The lowest BCUT2D eigenvalue weighted by atomic mass is 9.83. The zero-order valence-corrected chi connectivity index (χ0v) is 20.5. The Hall–Kier alpha value is -3.32. The van der Waals surface area contributed by atoms with Crippen LogP contribution in [-0.2, 0) is 17.6 Å². The monoisotopic (exact) mass is 483 g/mol. The lowest BCUT2D eigenvalue weighted by Gasteiger charge is -2.28. The first kappa shape index (κ1) is 23.4. The number of anilines is 1. The summed E-state index contributed by atoms with van der Waals surface area (Å²) < 4.78 is 1.70. The van der Waals surface area contributed by atoms with E-state index in [0.717, 1.165) is 42.8 Å². The van der Waals surface area contributed by atoms with Crippen molar-refractivity contribution >= 4 is 42.3 Å². The zero-order chi connectivity index (χ0) is 24.4. The van der Waals surface area contributed by atoms with Crippen molar-refractivity contribution in [1.82, 2.24) is 19.5 Å². The number of halogens is 1. The quantitative estimate of drug-likeness (QED) is 0.320. The standard InChI is InChI=1S/C27H27BClN5O/c1-33(27(35)20-12-11-18-7-2-3-8-19(18)15-20)14-6-13-30-25-16-24(21-9-4-5-10-23(21)29)32-26-22(28)17-31-34(25)26/h2-5,7-10,16-17,20,30H,6,11-15H2,1H3. The van der Waals surface area contributed by atoms with Gasteiger partial charge < -0.3 is 10.2 Å². The van der Waals surface area contributed by atoms with Gasteiger partial charge in [0.2, 0.25) is 5.91 Å². The maximum absolute atomic E-state index is 13.0. The molecule has 35 heavy (non-hydrogen) atoms. The number of amides is 1. The first-order valence-corrected chi connectivity index (χ1v) is 12.3.